The van der Waals surface area contributed by atoms with Gasteiger partial charge in [-0.3, -0.25) is 14.5 Å². The maximum Gasteiger partial charge on any atom is 0.301 e. The number of ether oxygens (including phenoxy) is 2. The molecule has 1 atom stereocenters. The maximum absolute atomic E-state index is 13.5. The number of hydrogen-bond acceptors (Lipinski definition) is 7. The topological polar surface area (TPSA) is 89.0 Å². The summed E-state index contributed by atoms with van der Waals surface area (Å²) in [6.07, 6.45) is 1.65. The molecule has 1 saturated heterocycles. The van der Waals surface area contributed by atoms with Gasteiger partial charge in [0.2, 0.25) is 0 Å². The van der Waals surface area contributed by atoms with Crippen LogP contribution in [-0.2, 0) is 9.59 Å². The molecule has 1 fully saturated rings. The van der Waals surface area contributed by atoms with Crippen molar-refractivity contribution in [3.63, 3.8) is 0 Å². The summed E-state index contributed by atoms with van der Waals surface area (Å²) in [7, 11) is 1.56. The Balaban J connectivity index is 1.68. The number of Topliss-reactive ketones (excluding diaryl/α,β-unsaturated/α-hetero) is 1. The summed E-state index contributed by atoms with van der Waals surface area (Å²) < 4.78 is 11.8. The molecule has 2 heterocycles. The summed E-state index contributed by atoms with van der Waals surface area (Å²) in [4.78, 5) is 33.0. The van der Waals surface area contributed by atoms with E-state index in [9.17, 15) is 14.7 Å². The molecule has 8 heteroatoms. The second-order valence-corrected chi connectivity index (χ2v) is 10.00. The van der Waals surface area contributed by atoms with Crippen LogP contribution in [0.1, 0.15) is 28.3 Å². The summed E-state index contributed by atoms with van der Waals surface area (Å²) in [6.45, 7) is 7.84. The zero-order chi connectivity index (χ0) is 27.0. The summed E-state index contributed by atoms with van der Waals surface area (Å²) in [5, 5.41) is 11.8. The minimum absolute atomic E-state index is 0.00485. The number of methoxy groups -OCH3 is 1. The number of hydrogen-bond donors (Lipinski definition) is 1. The van der Waals surface area contributed by atoms with Crippen LogP contribution in [0, 0.1) is 13.8 Å². The molecule has 192 valence electrons. The van der Waals surface area contributed by atoms with E-state index < -0.39 is 17.7 Å². The lowest BCUT2D eigenvalue weighted by Crippen LogP contribution is -2.29. The number of nitrogens with zero attached hydrogens (tertiary/aromatic N) is 2. The van der Waals surface area contributed by atoms with Crippen molar-refractivity contribution < 1.29 is 24.2 Å². The lowest BCUT2D eigenvalue weighted by atomic mass is 9.95. The van der Waals surface area contributed by atoms with Gasteiger partial charge < -0.3 is 14.6 Å². The van der Waals surface area contributed by atoms with E-state index in [1.54, 1.807) is 55.7 Å². The molecule has 4 aromatic rings. The van der Waals surface area contributed by atoms with Gasteiger partial charge in [-0.2, -0.15) is 0 Å². The minimum atomic E-state index is -0.882. The fourth-order valence-electron chi connectivity index (χ4n) is 4.55. The molecule has 1 aromatic heterocycles. The Hall–Kier alpha value is -4.43. The summed E-state index contributed by atoms with van der Waals surface area (Å²) in [5.74, 6) is -0.510. The molecule has 1 amide bonds. The molecule has 0 unspecified atom stereocenters. The van der Waals surface area contributed by atoms with Crippen LogP contribution in [0.4, 0.5) is 5.13 Å². The van der Waals surface area contributed by atoms with Crippen LogP contribution < -0.4 is 14.4 Å². The molecule has 0 spiro atoms. The molecule has 7 nitrogen and oxygen atoms in total. The van der Waals surface area contributed by atoms with Crippen LogP contribution in [0.5, 0.6) is 11.5 Å². The quantitative estimate of drug-likeness (QED) is 0.135. The number of carbonyl (C=O) groups is 2. The van der Waals surface area contributed by atoms with Gasteiger partial charge in [0.25, 0.3) is 5.78 Å². The molecule has 0 radical (unpaired) electrons. The fraction of sp³-hybridized carbons (Fsp3) is 0.167. The molecule has 38 heavy (non-hydrogen) atoms. The molecule has 0 aliphatic carbocycles. The first kappa shape index (κ1) is 25.2. The van der Waals surface area contributed by atoms with Crippen LogP contribution in [-0.4, -0.2) is 35.5 Å². The maximum atomic E-state index is 13.5. The van der Waals surface area contributed by atoms with Gasteiger partial charge in [-0.25, -0.2) is 4.98 Å². The monoisotopic (exact) mass is 526 g/mol. The Bertz CT molecular complexity index is 1600. The second kappa shape index (κ2) is 10.1. The predicted octanol–water partition coefficient (Wildman–Crippen LogP) is 6.11. The van der Waals surface area contributed by atoms with Crippen molar-refractivity contribution in [1.82, 2.24) is 4.98 Å². The Morgan fingerprint density at radius 1 is 1.11 bits per heavy atom. The lowest BCUT2D eigenvalue weighted by Gasteiger charge is -2.23. The number of aliphatic hydroxyl groups is 1. The molecule has 0 saturated carbocycles. The van der Waals surface area contributed by atoms with Crippen molar-refractivity contribution in [2.45, 2.75) is 19.9 Å². The number of benzene rings is 3. The molecular weight excluding hydrogens is 500 g/mol. The van der Waals surface area contributed by atoms with Gasteiger partial charge in [-0.15, -0.1) is 0 Å². The number of thiazole rings is 1. The van der Waals surface area contributed by atoms with E-state index in [4.69, 9.17) is 9.47 Å². The highest BCUT2D eigenvalue weighted by molar-refractivity contribution is 7.22. The van der Waals surface area contributed by atoms with Crippen molar-refractivity contribution in [3.05, 3.63) is 101 Å². The normalized spacial score (nSPS) is 16.7. The first-order chi connectivity index (χ1) is 18.3. The number of aryl methyl sites for hydroxylation is 2. The van der Waals surface area contributed by atoms with E-state index in [0.29, 0.717) is 34.4 Å². The number of anilines is 1. The van der Waals surface area contributed by atoms with Crippen molar-refractivity contribution in [2.24, 2.45) is 0 Å². The SMILES string of the molecule is C=CCOc1ccc([C@H]2/C(=C(\O)c3ccc(OC)c(C)c3)C(=O)C(=O)N2c2nc3ccc(C)cc3s2)cc1. The average Bonchev–Trinajstić information content (AvgIpc) is 3.44. The number of fused-ring (bicyclic) bond motifs is 1. The molecule has 5 rings (SSSR count). The van der Waals surface area contributed by atoms with Crippen LogP contribution in [0.15, 0.2) is 78.9 Å². The van der Waals surface area contributed by atoms with Crippen molar-refractivity contribution in [1.29, 1.82) is 0 Å². The highest BCUT2D eigenvalue weighted by atomic mass is 32.1. The zero-order valence-corrected chi connectivity index (χ0v) is 22.0. The Morgan fingerprint density at radius 2 is 1.87 bits per heavy atom. The van der Waals surface area contributed by atoms with E-state index in [1.165, 1.54) is 16.2 Å². The van der Waals surface area contributed by atoms with Crippen molar-refractivity contribution in [3.8, 4) is 11.5 Å². The molecular formula is C30H26N2O5S. The number of rotatable bonds is 7. The van der Waals surface area contributed by atoms with E-state index >= 15 is 0 Å². The van der Waals surface area contributed by atoms with Crippen LogP contribution in [0.3, 0.4) is 0 Å². The highest BCUT2D eigenvalue weighted by Crippen LogP contribution is 2.44. The van der Waals surface area contributed by atoms with Gasteiger partial charge in [-0.1, -0.05) is 42.2 Å². The summed E-state index contributed by atoms with van der Waals surface area (Å²) in [6, 6.07) is 17.2. The van der Waals surface area contributed by atoms with Crippen molar-refractivity contribution in [2.75, 3.05) is 18.6 Å². The number of aromatic nitrogens is 1. The van der Waals surface area contributed by atoms with Gasteiger partial charge in [0.1, 0.15) is 23.9 Å². The highest BCUT2D eigenvalue weighted by Gasteiger charge is 2.48. The van der Waals surface area contributed by atoms with Crippen LogP contribution in [0.25, 0.3) is 16.0 Å². The lowest BCUT2D eigenvalue weighted by molar-refractivity contribution is -0.132. The van der Waals surface area contributed by atoms with E-state index in [2.05, 4.69) is 11.6 Å². The second-order valence-electron chi connectivity index (χ2n) is 8.99. The summed E-state index contributed by atoms with van der Waals surface area (Å²) in [5.41, 5.74) is 3.63. The predicted molar refractivity (Wildman–Crippen MR) is 149 cm³/mol. The van der Waals surface area contributed by atoms with Gasteiger partial charge in [0, 0.05) is 5.56 Å². The van der Waals surface area contributed by atoms with Gasteiger partial charge in [0.15, 0.2) is 5.13 Å². The first-order valence-electron chi connectivity index (χ1n) is 12.0. The number of amides is 1. The standard InChI is InChI=1S/C30H26N2O5S/c1-5-14-37-21-10-7-19(8-11-21)26-25(27(33)20-9-13-23(36-4)18(3)16-20)28(34)29(35)32(26)30-31-22-12-6-17(2)15-24(22)38-30/h5-13,15-16,26,33H,1,14H2,2-4H3/b27-25+/t26-/m0/s1. The van der Waals surface area contributed by atoms with Crippen molar-refractivity contribution >= 4 is 44.1 Å². The third-order valence-corrected chi connectivity index (χ3v) is 7.43. The average molecular weight is 527 g/mol. The molecule has 3 aromatic carbocycles. The van der Waals surface area contributed by atoms with Gasteiger partial charge in [-0.05, 0) is 73.0 Å². The van der Waals surface area contributed by atoms with Gasteiger partial charge in [0.05, 0.1) is 28.9 Å². The van der Waals surface area contributed by atoms with E-state index in [-0.39, 0.29) is 11.3 Å². The van der Waals surface area contributed by atoms with Crippen LogP contribution in [0.2, 0.25) is 0 Å². The largest absolute Gasteiger partial charge is 0.507 e. The fourth-order valence-corrected chi connectivity index (χ4v) is 5.64. The smallest absolute Gasteiger partial charge is 0.301 e. The number of ketones is 1. The van der Waals surface area contributed by atoms with E-state index in [0.717, 1.165) is 21.3 Å². The zero-order valence-electron chi connectivity index (χ0n) is 21.2. The third-order valence-electron chi connectivity index (χ3n) is 6.42. The number of aliphatic hydroxyl groups excluding tert-OH is 1. The third kappa shape index (κ3) is 4.43. The Morgan fingerprint density at radius 3 is 2.55 bits per heavy atom. The molecule has 1 aliphatic rings. The van der Waals surface area contributed by atoms with E-state index in [1.807, 2.05) is 32.0 Å². The van der Waals surface area contributed by atoms with Crippen LogP contribution >= 0.6 is 11.3 Å². The molecule has 1 N–H and O–H groups in total. The summed E-state index contributed by atoms with van der Waals surface area (Å²) >= 11 is 1.33. The molecule has 0 bridgehead atoms. The number of carbonyl (C=O) groups excluding carboxylic acids is 2. The minimum Gasteiger partial charge on any atom is -0.507 e. The molecule has 1 aliphatic heterocycles. The Kier molecular flexibility index (Phi) is 6.73. The van der Waals surface area contributed by atoms with Gasteiger partial charge >= 0.3 is 5.91 Å². The first-order valence-corrected chi connectivity index (χ1v) is 12.8. The Labute approximate surface area is 224 Å².